The average molecular weight is 423 g/mol. The molecule has 0 aliphatic carbocycles. The summed E-state index contributed by atoms with van der Waals surface area (Å²) in [7, 11) is 0. The maximum Gasteiger partial charge on any atom is 0.136 e. The van der Waals surface area contributed by atoms with Crippen LogP contribution >= 0.6 is 11.8 Å². The van der Waals surface area contributed by atoms with Crippen molar-refractivity contribution in [1.29, 1.82) is 0 Å². The van der Waals surface area contributed by atoms with E-state index in [9.17, 15) is 10.2 Å². The number of para-hydroxylation sites is 2. The number of rotatable bonds is 6. The summed E-state index contributed by atoms with van der Waals surface area (Å²) in [5, 5.41) is 21.5. The maximum atomic E-state index is 10.8. The van der Waals surface area contributed by atoms with E-state index >= 15 is 0 Å². The van der Waals surface area contributed by atoms with Crippen molar-refractivity contribution in [1.82, 2.24) is 0 Å². The Morgan fingerprint density at radius 1 is 0.452 bits per heavy atom. The third-order valence-corrected chi connectivity index (χ3v) is 5.89. The van der Waals surface area contributed by atoms with Crippen LogP contribution in [0.25, 0.3) is 24.3 Å². The van der Waals surface area contributed by atoms with Gasteiger partial charge in [0.1, 0.15) is 11.5 Å². The van der Waals surface area contributed by atoms with Gasteiger partial charge >= 0.3 is 0 Å². The van der Waals surface area contributed by atoms with Crippen molar-refractivity contribution in [2.24, 2.45) is 0 Å². The fourth-order valence-electron chi connectivity index (χ4n) is 3.13. The van der Waals surface area contributed by atoms with Crippen LogP contribution in [-0.4, -0.2) is 10.2 Å². The van der Waals surface area contributed by atoms with E-state index in [1.54, 1.807) is 0 Å². The second-order valence-corrected chi connectivity index (χ2v) is 8.06. The summed E-state index contributed by atoms with van der Waals surface area (Å²) in [6, 6.07) is 31.2. The zero-order chi connectivity index (χ0) is 21.5. The molecule has 0 aliphatic rings. The zero-order valence-corrected chi connectivity index (χ0v) is 17.7. The van der Waals surface area contributed by atoms with Gasteiger partial charge in [-0.2, -0.15) is 0 Å². The van der Waals surface area contributed by atoms with Crippen LogP contribution in [0.15, 0.2) is 107 Å². The van der Waals surface area contributed by atoms with Crippen molar-refractivity contribution in [3.05, 3.63) is 119 Å². The number of aromatic hydroxyl groups is 2. The van der Waals surface area contributed by atoms with Gasteiger partial charge in [-0.25, -0.2) is 0 Å². The van der Waals surface area contributed by atoms with E-state index in [0.29, 0.717) is 9.79 Å². The molecule has 2 nitrogen and oxygen atoms in total. The van der Waals surface area contributed by atoms with Crippen LogP contribution in [0.2, 0.25) is 0 Å². The molecule has 0 spiro atoms. The molecular formula is C28H22O2S. The van der Waals surface area contributed by atoms with Crippen LogP contribution in [0, 0.1) is 0 Å². The van der Waals surface area contributed by atoms with Gasteiger partial charge in [0.2, 0.25) is 0 Å². The van der Waals surface area contributed by atoms with Gasteiger partial charge in [-0.1, -0.05) is 121 Å². The Hall–Kier alpha value is -3.69. The van der Waals surface area contributed by atoms with E-state index in [2.05, 4.69) is 0 Å². The van der Waals surface area contributed by atoms with Gasteiger partial charge in [0.05, 0.1) is 9.79 Å². The quantitative estimate of drug-likeness (QED) is 0.314. The number of phenolic OH excluding ortho intramolecular Hbond substituents is 2. The third-order valence-electron chi connectivity index (χ3n) is 4.79. The summed E-state index contributed by atoms with van der Waals surface area (Å²) >= 11 is 1.34. The SMILES string of the molecule is Oc1c(/C=C\c2ccccc2)cccc1Sc1cccc(/C=C\c2ccccc2)c1O. The molecule has 0 aliphatic heterocycles. The highest BCUT2D eigenvalue weighted by Gasteiger charge is 2.11. The maximum absolute atomic E-state index is 10.8. The van der Waals surface area contributed by atoms with Crippen LogP contribution in [0.4, 0.5) is 0 Å². The monoisotopic (exact) mass is 422 g/mol. The minimum atomic E-state index is 0.198. The molecule has 0 unspecified atom stereocenters. The number of benzene rings is 4. The predicted molar refractivity (Wildman–Crippen MR) is 131 cm³/mol. The summed E-state index contributed by atoms with van der Waals surface area (Å²) < 4.78 is 0. The minimum Gasteiger partial charge on any atom is -0.506 e. The lowest BCUT2D eigenvalue weighted by molar-refractivity contribution is 0.458. The van der Waals surface area contributed by atoms with Crippen molar-refractivity contribution in [3.8, 4) is 11.5 Å². The molecule has 0 heterocycles. The molecule has 152 valence electrons. The first-order valence-corrected chi connectivity index (χ1v) is 10.8. The molecule has 0 amide bonds. The molecule has 0 bridgehead atoms. The van der Waals surface area contributed by atoms with Crippen LogP contribution < -0.4 is 0 Å². The Morgan fingerprint density at radius 2 is 0.871 bits per heavy atom. The lowest BCUT2D eigenvalue weighted by atomic mass is 10.1. The van der Waals surface area contributed by atoms with Crippen LogP contribution in [-0.2, 0) is 0 Å². The lowest BCUT2D eigenvalue weighted by Crippen LogP contribution is -1.83. The Balaban J connectivity index is 1.57. The molecule has 4 aromatic carbocycles. The first-order chi connectivity index (χ1) is 15.2. The van der Waals surface area contributed by atoms with Gasteiger partial charge < -0.3 is 10.2 Å². The molecule has 0 aromatic heterocycles. The van der Waals surface area contributed by atoms with E-state index in [-0.39, 0.29) is 11.5 Å². The summed E-state index contributed by atoms with van der Waals surface area (Å²) in [4.78, 5) is 1.38. The van der Waals surface area contributed by atoms with E-state index < -0.39 is 0 Å². The zero-order valence-electron chi connectivity index (χ0n) is 16.8. The Labute approximate surface area is 186 Å². The first-order valence-electron chi connectivity index (χ1n) is 9.99. The average Bonchev–Trinajstić information content (AvgIpc) is 2.81. The summed E-state index contributed by atoms with van der Waals surface area (Å²) in [5.41, 5.74) is 3.59. The second kappa shape index (κ2) is 9.88. The predicted octanol–water partition coefficient (Wildman–Crippen LogP) is 7.59. The van der Waals surface area contributed by atoms with Gasteiger partial charge in [0, 0.05) is 11.1 Å². The molecule has 4 aromatic rings. The van der Waals surface area contributed by atoms with Gasteiger partial charge in [-0.05, 0) is 23.3 Å². The standard InChI is InChI=1S/C28H22O2S/c29-27-23(19-17-21-9-3-1-4-10-21)13-7-15-25(27)31-26-16-8-14-24(28(26)30)20-18-22-11-5-2-6-12-22/h1-20,29-30H/b19-17-,20-18-. The summed E-state index contributed by atoms with van der Waals surface area (Å²) in [5.74, 6) is 0.397. The molecule has 0 saturated heterocycles. The van der Waals surface area contributed by atoms with E-state index in [0.717, 1.165) is 22.3 Å². The summed E-state index contributed by atoms with van der Waals surface area (Å²) in [6.07, 6.45) is 7.73. The lowest BCUT2D eigenvalue weighted by Gasteiger charge is -2.10. The fourth-order valence-corrected chi connectivity index (χ4v) is 4.09. The number of hydrogen-bond donors (Lipinski definition) is 2. The Bertz CT molecular complexity index is 1120. The minimum absolute atomic E-state index is 0.198. The third kappa shape index (κ3) is 5.27. The fraction of sp³-hybridized carbons (Fsp3) is 0. The number of phenols is 2. The Kier molecular flexibility index (Phi) is 6.56. The van der Waals surface area contributed by atoms with Gasteiger partial charge in [-0.15, -0.1) is 0 Å². The highest BCUT2D eigenvalue weighted by atomic mass is 32.2. The molecule has 2 N–H and O–H groups in total. The van der Waals surface area contributed by atoms with Crippen molar-refractivity contribution in [3.63, 3.8) is 0 Å². The van der Waals surface area contributed by atoms with E-state index in [4.69, 9.17) is 0 Å². The molecule has 0 saturated carbocycles. The molecule has 0 fully saturated rings. The summed E-state index contributed by atoms with van der Waals surface area (Å²) in [6.45, 7) is 0. The Morgan fingerprint density at radius 3 is 1.29 bits per heavy atom. The topological polar surface area (TPSA) is 40.5 Å². The van der Waals surface area contributed by atoms with Crippen molar-refractivity contribution in [2.75, 3.05) is 0 Å². The normalized spacial score (nSPS) is 11.4. The van der Waals surface area contributed by atoms with Crippen molar-refractivity contribution < 1.29 is 10.2 Å². The molecule has 0 atom stereocenters. The molecule has 4 rings (SSSR count). The van der Waals surface area contributed by atoms with Crippen LogP contribution in [0.3, 0.4) is 0 Å². The van der Waals surface area contributed by atoms with Crippen molar-refractivity contribution in [2.45, 2.75) is 9.79 Å². The van der Waals surface area contributed by atoms with E-state index in [1.807, 2.05) is 121 Å². The molecule has 0 radical (unpaired) electrons. The number of hydrogen-bond acceptors (Lipinski definition) is 3. The highest BCUT2D eigenvalue weighted by Crippen LogP contribution is 2.42. The first kappa shape index (κ1) is 20.6. The smallest absolute Gasteiger partial charge is 0.136 e. The highest BCUT2D eigenvalue weighted by molar-refractivity contribution is 7.99. The van der Waals surface area contributed by atoms with E-state index in [1.165, 1.54) is 11.8 Å². The van der Waals surface area contributed by atoms with Crippen LogP contribution in [0.5, 0.6) is 11.5 Å². The van der Waals surface area contributed by atoms with Crippen molar-refractivity contribution >= 4 is 36.1 Å². The molecular weight excluding hydrogens is 400 g/mol. The van der Waals surface area contributed by atoms with Gasteiger partial charge in [-0.3, -0.25) is 0 Å². The second-order valence-electron chi connectivity index (χ2n) is 6.98. The van der Waals surface area contributed by atoms with Gasteiger partial charge in [0.25, 0.3) is 0 Å². The van der Waals surface area contributed by atoms with Gasteiger partial charge in [0.15, 0.2) is 0 Å². The molecule has 31 heavy (non-hydrogen) atoms. The van der Waals surface area contributed by atoms with Crippen LogP contribution in [0.1, 0.15) is 22.3 Å². The largest absolute Gasteiger partial charge is 0.506 e. The molecule has 3 heteroatoms.